The number of allylic oxidation sites excluding steroid dienone is 1. The van der Waals surface area contributed by atoms with Gasteiger partial charge in [0.25, 0.3) is 5.69 Å². The van der Waals surface area contributed by atoms with Gasteiger partial charge < -0.3 is 0 Å². The lowest BCUT2D eigenvalue weighted by Gasteiger charge is -2.15. The number of para-hydroxylation sites is 1. The molecule has 0 saturated heterocycles. The van der Waals surface area contributed by atoms with E-state index in [1.165, 1.54) is 23.0 Å². The van der Waals surface area contributed by atoms with Crippen molar-refractivity contribution >= 4 is 23.2 Å². The molecule has 0 saturated carbocycles. The SMILES string of the molecule is C[N+]1=C(/C=C\c2cccc([N+](=O)[O-])c2)C(C)(C)c2ccccc21. The number of nitro benzene ring substituents is 1. The van der Waals surface area contributed by atoms with Gasteiger partial charge in [0.05, 0.1) is 10.3 Å². The predicted octanol–water partition coefficient (Wildman–Crippen LogP) is 4.31. The summed E-state index contributed by atoms with van der Waals surface area (Å²) in [7, 11) is 2.06. The van der Waals surface area contributed by atoms with E-state index >= 15 is 0 Å². The van der Waals surface area contributed by atoms with Gasteiger partial charge in [-0.1, -0.05) is 30.3 Å². The van der Waals surface area contributed by atoms with Crippen LogP contribution in [0.15, 0.2) is 54.6 Å². The molecule has 1 aliphatic heterocycles. The number of rotatable bonds is 3. The Morgan fingerprint density at radius 1 is 1.09 bits per heavy atom. The second-order valence-corrected chi connectivity index (χ2v) is 6.27. The Hall–Kier alpha value is -2.75. The lowest BCUT2D eigenvalue weighted by atomic mass is 9.81. The molecule has 1 aliphatic rings. The first-order valence-electron chi connectivity index (χ1n) is 7.54. The second-order valence-electron chi connectivity index (χ2n) is 6.27. The number of non-ortho nitro benzene ring substituents is 1. The zero-order valence-electron chi connectivity index (χ0n) is 13.5. The Bertz CT molecular complexity index is 848. The summed E-state index contributed by atoms with van der Waals surface area (Å²) in [5.74, 6) is 0. The van der Waals surface area contributed by atoms with Gasteiger partial charge in [-0.25, -0.2) is 0 Å². The van der Waals surface area contributed by atoms with Crippen molar-refractivity contribution in [3.8, 4) is 0 Å². The molecule has 4 heteroatoms. The Balaban J connectivity index is 1.99. The molecule has 3 rings (SSSR count). The summed E-state index contributed by atoms with van der Waals surface area (Å²) in [6.45, 7) is 4.39. The first-order chi connectivity index (χ1) is 10.9. The topological polar surface area (TPSA) is 46.1 Å². The maximum Gasteiger partial charge on any atom is 0.270 e. The number of benzene rings is 2. The van der Waals surface area contributed by atoms with Crippen molar-refractivity contribution in [1.29, 1.82) is 0 Å². The van der Waals surface area contributed by atoms with Crippen LogP contribution in [0.25, 0.3) is 6.08 Å². The van der Waals surface area contributed by atoms with Crippen LogP contribution in [0.1, 0.15) is 25.0 Å². The molecular formula is C19H19N2O2+. The van der Waals surface area contributed by atoms with Crippen molar-refractivity contribution < 1.29 is 9.50 Å². The minimum atomic E-state index is -0.369. The van der Waals surface area contributed by atoms with E-state index in [1.54, 1.807) is 12.1 Å². The van der Waals surface area contributed by atoms with Crippen molar-refractivity contribution in [3.63, 3.8) is 0 Å². The number of fused-ring (bicyclic) bond motifs is 1. The van der Waals surface area contributed by atoms with E-state index in [4.69, 9.17) is 0 Å². The molecule has 0 radical (unpaired) electrons. The van der Waals surface area contributed by atoms with E-state index in [2.05, 4.69) is 49.7 Å². The third-order valence-corrected chi connectivity index (χ3v) is 4.46. The maximum absolute atomic E-state index is 10.9. The van der Waals surface area contributed by atoms with E-state index in [0.29, 0.717) is 0 Å². The Labute approximate surface area is 135 Å². The molecule has 0 aromatic heterocycles. The molecule has 4 nitrogen and oxygen atoms in total. The van der Waals surface area contributed by atoms with Crippen LogP contribution >= 0.6 is 0 Å². The third kappa shape index (κ3) is 2.57. The molecular weight excluding hydrogens is 288 g/mol. The van der Waals surface area contributed by atoms with Crippen molar-refractivity contribution in [2.45, 2.75) is 19.3 Å². The molecule has 0 atom stereocenters. The van der Waals surface area contributed by atoms with Crippen LogP contribution in [0.2, 0.25) is 0 Å². The van der Waals surface area contributed by atoms with E-state index in [9.17, 15) is 10.1 Å². The summed E-state index contributed by atoms with van der Waals surface area (Å²) in [4.78, 5) is 10.5. The van der Waals surface area contributed by atoms with Gasteiger partial charge in [0, 0.05) is 29.8 Å². The molecule has 0 unspecified atom stereocenters. The quantitative estimate of drug-likeness (QED) is 0.482. The molecule has 0 N–H and O–H groups in total. The molecule has 2 aromatic rings. The van der Waals surface area contributed by atoms with Crippen molar-refractivity contribution in [2.75, 3.05) is 7.05 Å². The predicted molar refractivity (Wildman–Crippen MR) is 92.4 cm³/mol. The Kier molecular flexibility index (Phi) is 3.60. The fourth-order valence-electron chi connectivity index (χ4n) is 3.22. The Morgan fingerprint density at radius 3 is 2.52 bits per heavy atom. The summed E-state index contributed by atoms with van der Waals surface area (Å²) >= 11 is 0. The van der Waals surface area contributed by atoms with E-state index in [-0.39, 0.29) is 16.0 Å². The lowest BCUT2D eigenvalue weighted by Crippen LogP contribution is -2.26. The zero-order chi connectivity index (χ0) is 16.6. The van der Waals surface area contributed by atoms with Crippen LogP contribution in [0.5, 0.6) is 0 Å². The van der Waals surface area contributed by atoms with Crippen LogP contribution in [0.3, 0.4) is 0 Å². The second kappa shape index (κ2) is 5.47. The van der Waals surface area contributed by atoms with Gasteiger partial charge in [0.1, 0.15) is 7.05 Å². The minimum absolute atomic E-state index is 0.0947. The first-order valence-corrected chi connectivity index (χ1v) is 7.54. The van der Waals surface area contributed by atoms with Gasteiger partial charge in [-0.05, 0) is 25.5 Å². The first kappa shape index (κ1) is 15.2. The molecule has 1 heterocycles. The van der Waals surface area contributed by atoms with Crippen molar-refractivity contribution in [3.05, 3.63) is 75.8 Å². The van der Waals surface area contributed by atoms with Crippen LogP contribution in [0.4, 0.5) is 11.4 Å². The normalized spacial score (nSPS) is 16.0. The molecule has 2 aromatic carbocycles. The number of nitrogens with zero attached hydrogens (tertiary/aromatic N) is 2. The highest BCUT2D eigenvalue weighted by Crippen LogP contribution is 2.39. The summed E-state index contributed by atoms with van der Waals surface area (Å²) < 4.78 is 2.18. The molecule has 0 bridgehead atoms. The van der Waals surface area contributed by atoms with Crippen molar-refractivity contribution in [2.24, 2.45) is 0 Å². The Morgan fingerprint density at radius 2 is 1.83 bits per heavy atom. The minimum Gasteiger partial charge on any atom is -0.258 e. The zero-order valence-corrected chi connectivity index (χ0v) is 13.5. The van der Waals surface area contributed by atoms with Gasteiger partial charge in [-0.2, -0.15) is 4.58 Å². The molecule has 0 spiro atoms. The van der Waals surface area contributed by atoms with Gasteiger partial charge in [-0.15, -0.1) is 0 Å². The highest BCUT2D eigenvalue weighted by Gasteiger charge is 2.42. The number of nitro groups is 1. The van der Waals surface area contributed by atoms with E-state index < -0.39 is 0 Å². The smallest absolute Gasteiger partial charge is 0.258 e. The molecule has 0 aliphatic carbocycles. The fraction of sp³-hybridized carbons (Fsp3) is 0.211. The largest absolute Gasteiger partial charge is 0.270 e. The molecule has 0 fully saturated rings. The average molecular weight is 307 g/mol. The fourth-order valence-corrected chi connectivity index (χ4v) is 3.22. The van der Waals surface area contributed by atoms with Gasteiger partial charge in [0.15, 0.2) is 5.71 Å². The standard InChI is InChI=1S/C19H19N2O2/c1-19(2)16-9-4-5-10-17(16)20(3)18(19)12-11-14-7-6-8-15(13-14)21(22)23/h4-13H,1-3H3/q+1/b12-11-. The van der Waals surface area contributed by atoms with Gasteiger partial charge in [0.2, 0.25) is 5.69 Å². The van der Waals surface area contributed by atoms with E-state index in [1.807, 2.05) is 18.2 Å². The summed E-state index contributed by atoms with van der Waals surface area (Å²) in [5, 5.41) is 10.9. The maximum atomic E-state index is 10.9. The summed E-state index contributed by atoms with van der Waals surface area (Å²) in [5.41, 5.74) is 4.51. The number of hydrogen-bond donors (Lipinski definition) is 0. The lowest BCUT2D eigenvalue weighted by molar-refractivity contribution is -0.401. The highest BCUT2D eigenvalue weighted by atomic mass is 16.6. The van der Waals surface area contributed by atoms with Crippen molar-refractivity contribution in [1.82, 2.24) is 0 Å². The van der Waals surface area contributed by atoms with E-state index in [0.717, 1.165) is 5.56 Å². The van der Waals surface area contributed by atoms with Crippen LogP contribution < -0.4 is 0 Å². The monoisotopic (exact) mass is 307 g/mol. The van der Waals surface area contributed by atoms with Gasteiger partial charge >= 0.3 is 0 Å². The highest BCUT2D eigenvalue weighted by molar-refractivity contribution is 6.05. The van der Waals surface area contributed by atoms with Gasteiger partial charge in [-0.3, -0.25) is 10.1 Å². The average Bonchev–Trinajstić information content (AvgIpc) is 2.73. The van der Waals surface area contributed by atoms with Crippen LogP contribution in [-0.4, -0.2) is 22.3 Å². The summed E-state index contributed by atoms with van der Waals surface area (Å²) in [6.07, 6.45) is 3.99. The third-order valence-electron chi connectivity index (χ3n) is 4.46. The van der Waals surface area contributed by atoms with Crippen LogP contribution in [-0.2, 0) is 5.41 Å². The molecule has 116 valence electrons. The van der Waals surface area contributed by atoms with Crippen LogP contribution in [0, 0.1) is 10.1 Å². The number of hydrogen-bond acceptors (Lipinski definition) is 2. The molecule has 23 heavy (non-hydrogen) atoms. The summed E-state index contributed by atoms with van der Waals surface area (Å²) in [6, 6.07) is 15.0. The molecule has 0 amide bonds.